The van der Waals surface area contributed by atoms with E-state index in [4.69, 9.17) is 11.6 Å². The Kier molecular flexibility index (Phi) is 6.18. The first-order valence-electron chi connectivity index (χ1n) is 8.50. The molecule has 0 aliphatic heterocycles. The second-order valence-electron chi connectivity index (χ2n) is 5.96. The first-order valence-corrected chi connectivity index (χ1v) is 8.88. The summed E-state index contributed by atoms with van der Waals surface area (Å²) in [7, 11) is 0. The zero-order valence-corrected chi connectivity index (χ0v) is 15.8. The Labute approximate surface area is 167 Å². The normalized spacial score (nSPS) is 10.2. The van der Waals surface area contributed by atoms with Crippen molar-refractivity contribution in [2.45, 2.75) is 13.5 Å². The Morgan fingerprint density at radius 2 is 1.64 bits per heavy atom. The summed E-state index contributed by atoms with van der Waals surface area (Å²) in [5, 5.41) is 9.18. The lowest BCUT2D eigenvalue weighted by Gasteiger charge is -2.08. The second kappa shape index (κ2) is 8.96. The summed E-state index contributed by atoms with van der Waals surface area (Å²) in [5.41, 5.74) is 2.60. The average Bonchev–Trinajstić information content (AvgIpc) is 2.69. The van der Waals surface area contributed by atoms with E-state index in [1.165, 1.54) is 13.1 Å². The lowest BCUT2D eigenvalue weighted by atomic mass is 10.2. The molecule has 0 saturated carbocycles. The number of nitrogens with zero attached hydrogens (tertiary/aromatic N) is 2. The summed E-state index contributed by atoms with van der Waals surface area (Å²) in [6, 6.07) is 15.9. The minimum atomic E-state index is -0.304. The van der Waals surface area contributed by atoms with Crippen molar-refractivity contribution < 1.29 is 9.59 Å². The molecular formula is C20H18ClN5O2. The van der Waals surface area contributed by atoms with Crippen LogP contribution in [-0.4, -0.2) is 21.8 Å². The number of carbonyl (C=O) groups excluding carboxylic acids is 2. The maximum absolute atomic E-state index is 12.3. The number of nitrogens with one attached hydrogen (secondary N) is 3. The summed E-state index contributed by atoms with van der Waals surface area (Å²) < 4.78 is 0. The highest BCUT2D eigenvalue weighted by molar-refractivity contribution is 6.30. The lowest BCUT2D eigenvalue weighted by molar-refractivity contribution is -0.114. The van der Waals surface area contributed by atoms with Crippen molar-refractivity contribution in [2.75, 3.05) is 10.6 Å². The van der Waals surface area contributed by atoms with E-state index in [2.05, 4.69) is 25.9 Å². The maximum atomic E-state index is 12.3. The van der Waals surface area contributed by atoms with Crippen LogP contribution < -0.4 is 16.0 Å². The van der Waals surface area contributed by atoms with Crippen molar-refractivity contribution in [1.29, 1.82) is 0 Å². The highest BCUT2D eigenvalue weighted by Gasteiger charge is 2.09. The molecule has 0 bridgehead atoms. The molecule has 0 aliphatic carbocycles. The van der Waals surface area contributed by atoms with Crippen molar-refractivity contribution in [3.8, 4) is 0 Å². The van der Waals surface area contributed by atoms with Crippen LogP contribution in [0.2, 0.25) is 5.02 Å². The number of anilines is 3. The van der Waals surface area contributed by atoms with Crippen LogP contribution in [0.5, 0.6) is 0 Å². The third kappa shape index (κ3) is 5.52. The second-order valence-corrected chi connectivity index (χ2v) is 6.39. The van der Waals surface area contributed by atoms with Crippen LogP contribution in [0.1, 0.15) is 23.0 Å². The van der Waals surface area contributed by atoms with E-state index in [-0.39, 0.29) is 17.5 Å². The van der Waals surface area contributed by atoms with Gasteiger partial charge < -0.3 is 16.0 Å². The van der Waals surface area contributed by atoms with Gasteiger partial charge in [-0.15, -0.1) is 0 Å². The van der Waals surface area contributed by atoms with Crippen molar-refractivity contribution in [2.24, 2.45) is 0 Å². The first-order chi connectivity index (χ1) is 13.5. The van der Waals surface area contributed by atoms with Gasteiger partial charge in [0.15, 0.2) is 0 Å². The zero-order chi connectivity index (χ0) is 19.9. The molecule has 8 heteroatoms. The van der Waals surface area contributed by atoms with Gasteiger partial charge in [-0.2, -0.15) is 0 Å². The topological polar surface area (TPSA) is 96.0 Å². The zero-order valence-electron chi connectivity index (χ0n) is 15.1. The molecule has 3 N–H and O–H groups in total. The van der Waals surface area contributed by atoms with E-state index in [0.717, 1.165) is 11.3 Å². The van der Waals surface area contributed by atoms with Gasteiger partial charge >= 0.3 is 0 Å². The number of aromatic nitrogens is 2. The smallest absolute Gasteiger partial charge is 0.270 e. The van der Waals surface area contributed by atoms with Gasteiger partial charge in [-0.1, -0.05) is 23.7 Å². The summed E-state index contributed by atoms with van der Waals surface area (Å²) in [6.07, 6.45) is 1.51. The molecule has 0 aliphatic rings. The Balaban J connectivity index is 1.62. The fourth-order valence-corrected chi connectivity index (χ4v) is 2.52. The minimum absolute atomic E-state index is 0.138. The number of benzene rings is 2. The summed E-state index contributed by atoms with van der Waals surface area (Å²) in [5.74, 6) is -0.144. The van der Waals surface area contributed by atoms with Gasteiger partial charge in [-0.3, -0.25) is 9.59 Å². The van der Waals surface area contributed by atoms with E-state index in [1.807, 2.05) is 12.1 Å². The molecular weight excluding hydrogens is 378 g/mol. The van der Waals surface area contributed by atoms with Gasteiger partial charge in [0.1, 0.15) is 5.69 Å². The highest BCUT2D eigenvalue weighted by Crippen LogP contribution is 2.17. The summed E-state index contributed by atoms with van der Waals surface area (Å²) in [4.78, 5) is 31.8. The molecule has 0 spiro atoms. The number of rotatable bonds is 6. The van der Waals surface area contributed by atoms with Crippen LogP contribution in [0.4, 0.5) is 17.3 Å². The Bertz CT molecular complexity index is 975. The molecule has 0 radical (unpaired) electrons. The molecule has 0 fully saturated rings. The van der Waals surface area contributed by atoms with E-state index in [9.17, 15) is 9.59 Å². The molecule has 0 atom stereocenters. The van der Waals surface area contributed by atoms with Gasteiger partial charge in [0.2, 0.25) is 11.9 Å². The quantitative estimate of drug-likeness (QED) is 0.590. The van der Waals surface area contributed by atoms with Gasteiger partial charge in [-0.25, -0.2) is 9.97 Å². The summed E-state index contributed by atoms with van der Waals surface area (Å²) in [6.45, 7) is 1.82. The Morgan fingerprint density at radius 1 is 0.964 bits per heavy atom. The third-order valence-electron chi connectivity index (χ3n) is 3.72. The molecule has 2 aromatic carbocycles. The molecule has 0 unspecified atom stereocenters. The number of hydrogen-bond donors (Lipinski definition) is 3. The van der Waals surface area contributed by atoms with Crippen LogP contribution in [0.3, 0.4) is 0 Å². The van der Waals surface area contributed by atoms with Crippen molar-refractivity contribution >= 4 is 40.7 Å². The molecule has 142 valence electrons. The molecule has 1 aromatic heterocycles. The van der Waals surface area contributed by atoms with Crippen LogP contribution in [-0.2, 0) is 11.3 Å². The number of hydrogen-bond acceptors (Lipinski definition) is 5. The molecule has 3 rings (SSSR count). The number of halogens is 1. The van der Waals surface area contributed by atoms with Crippen LogP contribution in [0.15, 0.2) is 60.8 Å². The maximum Gasteiger partial charge on any atom is 0.270 e. The van der Waals surface area contributed by atoms with Crippen LogP contribution in [0.25, 0.3) is 0 Å². The first kappa shape index (κ1) is 19.3. The van der Waals surface area contributed by atoms with Crippen molar-refractivity contribution in [1.82, 2.24) is 15.3 Å². The number of amides is 2. The summed E-state index contributed by atoms with van der Waals surface area (Å²) >= 11 is 5.86. The Morgan fingerprint density at radius 3 is 2.32 bits per heavy atom. The predicted octanol–water partition coefficient (Wildman–Crippen LogP) is 3.76. The van der Waals surface area contributed by atoms with Crippen molar-refractivity contribution in [3.05, 3.63) is 77.1 Å². The monoisotopic (exact) mass is 395 g/mol. The largest absolute Gasteiger partial charge is 0.347 e. The molecule has 7 nitrogen and oxygen atoms in total. The van der Waals surface area contributed by atoms with Crippen LogP contribution in [0, 0.1) is 0 Å². The van der Waals surface area contributed by atoms with E-state index < -0.39 is 0 Å². The Hall–Kier alpha value is -3.45. The van der Waals surface area contributed by atoms with E-state index in [1.54, 1.807) is 42.5 Å². The standard InChI is InChI=1S/C20H18ClN5O2/c1-13(27)24-16-6-8-17(9-7-16)25-20-22-11-10-18(26-20)19(28)23-12-14-2-4-15(21)5-3-14/h2-11H,12H2,1H3,(H,23,28)(H,24,27)(H,22,25,26). The molecule has 2 amide bonds. The SMILES string of the molecule is CC(=O)Nc1ccc(Nc2nccc(C(=O)NCc3ccc(Cl)cc3)n2)cc1. The third-order valence-corrected chi connectivity index (χ3v) is 3.97. The molecule has 0 saturated heterocycles. The lowest BCUT2D eigenvalue weighted by Crippen LogP contribution is -2.24. The van der Waals surface area contributed by atoms with Gasteiger partial charge in [0.05, 0.1) is 0 Å². The highest BCUT2D eigenvalue weighted by atomic mass is 35.5. The van der Waals surface area contributed by atoms with Gasteiger partial charge in [0, 0.05) is 36.1 Å². The molecule has 1 heterocycles. The molecule has 3 aromatic rings. The predicted molar refractivity (Wildman–Crippen MR) is 109 cm³/mol. The fraction of sp³-hybridized carbons (Fsp3) is 0.100. The fourth-order valence-electron chi connectivity index (χ4n) is 2.39. The van der Waals surface area contributed by atoms with Crippen molar-refractivity contribution in [3.63, 3.8) is 0 Å². The minimum Gasteiger partial charge on any atom is -0.347 e. The van der Waals surface area contributed by atoms with Gasteiger partial charge in [-0.05, 0) is 48.0 Å². The number of carbonyl (C=O) groups is 2. The van der Waals surface area contributed by atoms with E-state index >= 15 is 0 Å². The average molecular weight is 396 g/mol. The molecule has 28 heavy (non-hydrogen) atoms. The van der Waals surface area contributed by atoms with Gasteiger partial charge in [0.25, 0.3) is 5.91 Å². The van der Waals surface area contributed by atoms with E-state index in [0.29, 0.717) is 23.2 Å². The van der Waals surface area contributed by atoms with Crippen LogP contribution >= 0.6 is 11.6 Å².